The van der Waals surface area contributed by atoms with Gasteiger partial charge in [-0.25, -0.2) is 0 Å². The second-order valence-corrected chi connectivity index (χ2v) is 3.26. The fraction of sp³-hybridized carbons (Fsp3) is 0.364. The number of nitrogens with one attached hydrogen (secondary N) is 1. The highest BCUT2D eigenvalue weighted by Crippen LogP contribution is 2.25. The lowest BCUT2D eigenvalue weighted by molar-refractivity contribution is -0.121. The summed E-state index contributed by atoms with van der Waals surface area (Å²) in [4.78, 5) is 10.9. The predicted molar refractivity (Wildman–Crippen MR) is 59.8 cm³/mol. The standard InChI is InChI=1S/C11H16N2O2/c1-8-4-3-5-9(12)11(8)15-7-6-10(14)13-2/h3-5H,6-7,12H2,1-2H3,(H,13,14). The SMILES string of the molecule is CNC(=O)CCOc1c(C)cccc1N. The topological polar surface area (TPSA) is 64.3 Å². The fourth-order valence-electron chi connectivity index (χ4n) is 1.24. The molecule has 1 aromatic rings. The summed E-state index contributed by atoms with van der Waals surface area (Å²) >= 11 is 0. The molecule has 0 saturated carbocycles. The molecule has 0 unspecified atom stereocenters. The van der Waals surface area contributed by atoms with E-state index in [1.165, 1.54) is 0 Å². The Kier molecular flexibility index (Phi) is 3.97. The van der Waals surface area contributed by atoms with Gasteiger partial charge in [-0.15, -0.1) is 0 Å². The molecular weight excluding hydrogens is 192 g/mol. The summed E-state index contributed by atoms with van der Waals surface area (Å²) in [6.45, 7) is 2.26. The summed E-state index contributed by atoms with van der Waals surface area (Å²) in [5.74, 6) is 0.628. The normalized spacial score (nSPS) is 9.73. The Bertz CT molecular complexity index is 330. The molecule has 4 heteroatoms. The van der Waals surface area contributed by atoms with Crippen LogP contribution in [-0.4, -0.2) is 19.6 Å². The number of anilines is 1. The molecule has 0 fully saturated rings. The number of amides is 1. The Hall–Kier alpha value is -1.71. The molecule has 1 amide bonds. The first-order valence-corrected chi connectivity index (χ1v) is 4.83. The second kappa shape index (κ2) is 5.24. The lowest BCUT2D eigenvalue weighted by Gasteiger charge is -2.10. The van der Waals surface area contributed by atoms with Crippen LogP contribution in [0.2, 0.25) is 0 Å². The molecular formula is C11H16N2O2. The number of rotatable bonds is 4. The van der Waals surface area contributed by atoms with E-state index >= 15 is 0 Å². The third-order valence-electron chi connectivity index (χ3n) is 2.10. The molecule has 0 aliphatic rings. The maximum Gasteiger partial charge on any atom is 0.223 e. The van der Waals surface area contributed by atoms with Crippen LogP contribution in [0.5, 0.6) is 5.75 Å². The van der Waals surface area contributed by atoms with Gasteiger partial charge >= 0.3 is 0 Å². The maximum absolute atomic E-state index is 10.9. The molecule has 0 aromatic heterocycles. The molecule has 15 heavy (non-hydrogen) atoms. The fourth-order valence-corrected chi connectivity index (χ4v) is 1.24. The molecule has 82 valence electrons. The summed E-state index contributed by atoms with van der Waals surface area (Å²) in [6, 6.07) is 5.57. The minimum absolute atomic E-state index is 0.0397. The van der Waals surface area contributed by atoms with Crippen LogP contribution in [-0.2, 0) is 4.79 Å². The number of carbonyl (C=O) groups is 1. The molecule has 4 nitrogen and oxygen atoms in total. The van der Waals surface area contributed by atoms with Gasteiger partial charge in [0.2, 0.25) is 5.91 Å². The van der Waals surface area contributed by atoms with Crippen molar-refractivity contribution in [2.45, 2.75) is 13.3 Å². The highest BCUT2D eigenvalue weighted by molar-refractivity contribution is 5.75. The largest absolute Gasteiger partial charge is 0.491 e. The number of aryl methyl sites for hydroxylation is 1. The second-order valence-electron chi connectivity index (χ2n) is 3.26. The first-order chi connectivity index (χ1) is 7.15. The van der Waals surface area contributed by atoms with Gasteiger partial charge in [-0.2, -0.15) is 0 Å². The maximum atomic E-state index is 10.9. The van der Waals surface area contributed by atoms with E-state index in [0.29, 0.717) is 24.5 Å². The average molecular weight is 208 g/mol. The third kappa shape index (κ3) is 3.16. The summed E-state index contributed by atoms with van der Waals surface area (Å²) in [7, 11) is 1.60. The Labute approximate surface area is 89.4 Å². The molecule has 1 rings (SSSR count). The van der Waals surface area contributed by atoms with Crippen molar-refractivity contribution in [2.24, 2.45) is 0 Å². The quantitative estimate of drug-likeness (QED) is 0.728. The molecule has 0 aliphatic carbocycles. The van der Waals surface area contributed by atoms with Crippen molar-refractivity contribution < 1.29 is 9.53 Å². The van der Waals surface area contributed by atoms with Gasteiger partial charge in [0.15, 0.2) is 0 Å². The molecule has 0 heterocycles. The van der Waals surface area contributed by atoms with Gasteiger partial charge in [-0.1, -0.05) is 12.1 Å². The molecule has 1 aromatic carbocycles. The molecule has 0 spiro atoms. The highest BCUT2D eigenvalue weighted by atomic mass is 16.5. The zero-order chi connectivity index (χ0) is 11.3. The average Bonchev–Trinajstić information content (AvgIpc) is 2.22. The summed E-state index contributed by atoms with van der Waals surface area (Å²) in [5.41, 5.74) is 7.33. The Morgan fingerprint density at radius 3 is 2.87 bits per heavy atom. The van der Waals surface area contributed by atoms with Crippen molar-refractivity contribution in [1.82, 2.24) is 5.32 Å². The summed E-state index contributed by atoms with van der Waals surface area (Å²) in [6.07, 6.45) is 0.338. The van der Waals surface area contributed by atoms with Crippen molar-refractivity contribution in [2.75, 3.05) is 19.4 Å². The van der Waals surface area contributed by atoms with Gasteiger partial charge in [0.1, 0.15) is 5.75 Å². The van der Waals surface area contributed by atoms with Crippen molar-refractivity contribution >= 4 is 11.6 Å². The highest BCUT2D eigenvalue weighted by Gasteiger charge is 2.04. The number of hydrogen-bond acceptors (Lipinski definition) is 3. The van der Waals surface area contributed by atoms with Crippen molar-refractivity contribution in [1.29, 1.82) is 0 Å². The Morgan fingerprint density at radius 1 is 1.53 bits per heavy atom. The van der Waals surface area contributed by atoms with E-state index in [2.05, 4.69) is 5.32 Å². The van der Waals surface area contributed by atoms with Gasteiger partial charge < -0.3 is 15.8 Å². The van der Waals surface area contributed by atoms with Gasteiger partial charge in [0.05, 0.1) is 18.7 Å². The summed E-state index contributed by atoms with van der Waals surface area (Å²) < 4.78 is 5.45. The smallest absolute Gasteiger partial charge is 0.223 e. The van der Waals surface area contributed by atoms with E-state index in [0.717, 1.165) is 5.56 Å². The number of benzene rings is 1. The van der Waals surface area contributed by atoms with Crippen LogP contribution in [0.25, 0.3) is 0 Å². The third-order valence-corrected chi connectivity index (χ3v) is 2.10. The minimum Gasteiger partial charge on any atom is -0.491 e. The number of nitrogen functional groups attached to an aromatic ring is 1. The molecule has 0 bridgehead atoms. The first kappa shape index (κ1) is 11.4. The zero-order valence-electron chi connectivity index (χ0n) is 9.04. The van der Waals surface area contributed by atoms with E-state index in [-0.39, 0.29) is 5.91 Å². The molecule has 0 aliphatic heterocycles. The van der Waals surface area contributed by atoms with Crippen LogP contribution in [0.1, 0.15) is 12.0 Å². The lowest BCUT2D eigenvalue weighted by atomic mass is 10.2. The van der Waals surface area contributed by atoms with Gasteiger partial charge in [-0.3, -0.25) is 4.79 Å². The van der Waals surface area contributed by atoms with Crippen molar-refractivity contribution in [3.05, 3.63) is 23.8 Å². The van der Waals surface area contributed by atoms with Crippen LogP contribution in [0.4, 0.5) is 5.69 Å². The van der Waals surface area contributed by atoms with E-state index in [1.54, 1.807) is 13.1 Å². The molecule has 3 N–H and O–H groups in total. The molecule has 0 saturated heterocycles. The van der Waals surface area contributed by atoms with Crippen LogP contribution in [0, 0.1) is 6.92 Å². The van der Waals surface area contributed by atoms with Gasteiger partial charge in [-0.05, 0) is 18.6 Å². The Morgan fingerprint density at radius 2 is 2.27 bits per heavy atom. The van der Waals surface area contributed by atoms with E-state index < -0.39 is 0 Å². The first-order valence-electron chi connectivity index (χ1n) is 4.83. The van der Waals surface area contributed by atoms with Crippen molar-refractivity contribution in [3.8, 4) is 5.75 Å². The predicted octanol–water partition coefficient (Wildman–Crippen LogP) is 1.09. The number of para-hydroxylation sites is 1. The molecule has 0 atom stereocenters. The van der Waals surface area contributed by atoms with E-state index in [9.17, 15) is 4.79 Å². The van der Waals surface area contributed by atoms with Crippen LogP contribution < -0.4 is 15.8 Å². The summed E-state index contributed by atoms with van der Waals surface area (Å²) in [5, 5.41) is 2.53. The number of carbonyl (C=O) groups excluding carboxylic acids is 1. The van der Waals surface area contributed by atoms with E-state index in [1.807, 2.05) is 19.1 Å². The van der Waals surface area contributed by atoms with Crippen LogP contribution in [0.15, 0.2) is 18.2 Å². The van der Waals surface area contributed by atoms with E-state index in [4.69, 9.17) is 10.5 Å². The minimum atomic E-state index is -0.0397. The van der Waals surface area contributed by atoms with Gasteiger partial charge in [0.25, 0.3) is 0 Å². The molecule has 0 radical (unpaired) electrons. The monoisotopic (exact) mass is 208 g/mol. The van der Waals surface area contributed by atoms with Crippen LogP contribution >= 0.6 is 0 Å². The number of hydrogen-bond donors (Lipinski definition) is 2. The zero-order valence-corrected chi connectivity index (χ0v) is 9.04. The number of nitrogens with two attached hydrogens (primary N) is 1. The lowest BCUT2D eigenvalue weighted by Crippen LogP contribution is -2.20. The van der Waals surface area contributed by atoms with Crippen molar-refractivity contribution in [3.63, 3.8) is 0 Å². The van der Waals surface area contributed by atoms with Gasteiger partial charge in [0, 0.05) is 7.05 Å². The Balaban J connectivity index is 2.54. The van der Waals surface area contributed by atoms with Crippen LogP contribution in [0.3, 0.4) is 0 Å². The number of ether oxygens (including phenoxy) is 1.